The Balaban J connectivity index is 1.51. The Kier molecular flexibility index (Phi) is 6.25. The quantitative estimate of drug-likeness (QED) is 0.791. The number of halogens is 2. The third-order valence-electron chi connectivity index (χ3n) is 4.59. The van der Waals surface area contributed by atoms with Crippen molar-refractivity contribution in [2.45, 2.75) is 0 Å². The average molecular weight is 409 g/mol. The van der Waals surface area contributed by atoms with Gasteiger partial charge in [0.25, 0.3) is 5.91 Å². The lowest BCUT2D eigenvalue weighted by atomic mass is 10.2. The molecule has 0 aromatic heterocycles. The smallest absolute Gasteiger partial charge is 0.254 e. The fourth-order valence-corrected chi connectivity index (χ4v) is 4.42. The molecule has 1 heterocycles. The number of benzene rings is 2. The maximum atomic E-state index is 13.9. The van der Waals surface area contributed by atoms with E-state index < -0.39 is 21.7 Å². The molecule has 6 nitrogen and oxygen atoms in total. The van der Waals surface area contributed by atoms with Gasteiger partial charge >= 0.3 is 0 Å². The molecule has 1 aliphatic rings. The van der Waals surface area contributed by atoms with Crippen LogP contribution >= 0.6 is 0 Å². The monoisotopic (exact) mass is 409 g/mol. The van der Waals surface area contributed by atoms with Gasteiger partial charge in [-0.2, -0.15) is 4.31 Å². The number of para-hydroxylation sites is 1. The van der Waals surface area contributed by atoms with Gasteiger partial charge < -0.3 is 10.2 Å². The van der Waals surface area contributed by atoms with Gasteiger partial charge in [0, 0.05) is 32.7 Å². The average Bonchev–Trinajstić information content (AvgIpc) is 2.68. The highest BCUT2D eigenvalue weighted by molar-refractivity contribution is 7.89. The number of hydrogen-bond acceptors (Lipinski definition) is 4. The van der Waals surface area contributed by atoms with Crippen molar-refractivity contribution in [2.24, 2.45) is 0 Å². The number of piperazine rings is 1. The van der Waals surface area contributed by atoms with Crippen molar-refractivity contribution in [3.8, 4) is 0 Å². The molecule has 0 saturated carbocycles. The molecule has 2 aromatic carbocycles. The van der Waals surface area contributed by atoms with Crippen LogP contribution in [-0.2, 0) is 10.0 Å². The van der Waals surface area contributed by atoms with Crippen molar-refractivity contribution in [3.63, 3.8) is 0 Å². The first-order valence-electron chi connectivity index (χ1n) is 8.88. The van der Waals surface area contributed by atoms with Crippen molar-refractivity contribution in [1.82, 2.24) is 9.62 Å². The fourth-order valence-electron chi connectivity index (χ4n) is 3.08. The Morgan fingerprint density at radius 3 is 2.18 bits per heavy atom. The molecular formula is C19H21F2N3O3S. The van der Waals surface area contributed by atoms with Gasteiger partial charge in [-0.3, -0.25) is 4.79 Å². The summed E-state index contributed by atoms with van der Waals surface area (Å²) in [7, 11) is -3.58. The second kappa shape index (κ2) is 8.66. The van der Waals surface area contributed by atoms with E-state index in [1.807, 2.05) is 0 Å². The summed E-state index contributed by atoms with van der Waals surface area (Å²) in [5.74, 6) is -1.94. The first-order valence-corrected chi connectivity index (χ1v) is 10.5. The highest BCUT2D eigenvalue weighted by Crippen LogP contribution is 2.21. The van der Waals surface area contributed by atoms with Crippen LogP contribution in [0, 0.1) is 11.6 Å². The Morgan fingerprint density at radius 2 is 1.54 bits per heavy atom. The summed E-state index contributed by atoms with van der Waals surface area (Å²) in [6.45, 7) is 1.10. The normalized spacial score (nSPS) is 15.4. The number of amides is 1. The van der Waals surface area contributed by atoms with Gasteiger partial charge in [0.05, 0.1) is 17.0 Å². The SMILES string of the molecule is O=C(NCCS(=O)(=O)N1CCN(c2ccccc2F)CC1)c1ccccc1F. The summed E-state index contributed by atoms with van der Waals surface area (Å²) in [5, 5.41) is 2.43. The van der Waals surface area contributed by atoms with Gasteiger partial charge in [-0.05, 0) is 24.3 Å². The van der Waals surface area contributed by atoms with Crippen LogP contribution < -0.4 is 10.2 Å². The Bertz CT molecular complexity index is 945. The molecule has 1 fully saturated rings. The second-order valence-corrected chi connectivity index (χ2v) is 8.48. The molecule has 1 amide bonds. The largest absolute Gasteiger partial charge is 0.367 e. The number of carbonyl (C=O) groups is 1. The summed E-state index contributed by atoms with van der Waals surface area (Å²) >= 11 is 0. The zero-order chi connectivity index (χ0) is 20.1. The van der Waals surface area contributed by atoms with Crippen molar-refractivity contribution >= 4 is 21.6 Å². The number of anilines is 1. The maximum absolute atomic E-state index is 13.9. The van der Waals surface area contributed by atoms with Crippen LogP contribution in [0.5, 0.6) is 0 Å². The molecule has 1 N–H and O–H groups in total. The Hall–Kier alpha value is -2.52. The standard InChI is InChI=1S/C19H21F2N3O3S/c20-16-6-2-1-5-15(16)19(25)22-9-14-28(26,27)24-12-10-23(11-13-24)18-8-4-3-7-17(18)21/h1-8H,9-14H2,(H,22,25). The van der Waals surface area contributed by atoms with E-state index in [0.717, 1.165) is 0 Å². The van der Waals surface area contributed by atoms with Gasteiger partial charge in [0.2, 0.25) is 10.0 Å². The zero-order valence-corrected chi connectivity index (χ0v) is 16.0. The van der Waals surface area contributed by atoms with Crippen LogP contribution in [0.4, 0.5) is 14.5 Å². The van der Waals surface area contributed by atoms with Crippen molar-refractivity contribution < 1.29 is 22.0 Å². The molecule has 0 bridgehead atoms. The molecule has 3 rings (SSSR count). The van der Waals surface area contributed by atoms with E-state index >= 15 is 0 Å². The summed E-state index contributed by atoms with van der Waals surface area (Å²) in [6.07, 6.45) is 0. The predicted octanol–water partition coefficient (Wildman–Crippen LogP) is 1.85. The molecule has 0 aliphatic carbocycles. The van der Waals surface area contributed by atoms with E-state index in [2.05, 4.69) is 5.32 Å². The third-order valence-corrected chi connectivity index (χ3v) is 6.46. The third kappa shape index (κ3) is 4.66. The Morgan fingerprint density at radius 1 is 0.929 bits per heavy atom. The van der Waals surface area contributed by atoms with Gasteiger partial charge in [-0.15, -0.1) is 0 Å². The lowest BCUT2D eigenvalue weighted by molar-refractivity contribution is 0.0952. The molecule has 0 unspecified atom stereocenters. The van der Waals surface area contributed by atoms with Crippen LogP contribution in [0.25, 0.3) is 0 Å². The number of hydrogen-bond donors (Lipinski definition) is 1. The molecular weight excluding hydrogens is 388 g/mol. The van der Waals surface area contributed by atoms with E-state index in [9.17, 15) is 22.0 Å². The minimum absolute atomic E-state index is 0.122. The fraction of sp³-hybridized carbons (Fsp3) is 0.316. The van der Waals surface area contributed by atoms with Crippen molar-refractivity contribution in [1.29, 1.82) is 0 Å². The molecule has 0 radical (unpaired) electrons. The van der Waals surface area contributed by atoms with Crippen molar-refractivity contribution in [3.05, 3.63) is 65.7 Å². The molecule has 1 saturated heterocycles. The van der Waals surface area contributed by atoms with Crippen LogP contribution in [-0.4, -0.2) is 57.1 Å². The molecule has 9 heteroatoms. The number of sulfonamides is 1. The lowest BCUT2D eigenvalue weighted by Gasteiger charge is -2.35. The maximum Gasteiger partial charge on any atom is 0.254 e. The minimum atomic E-state index is -3.58. The topological polar surface area (TPSA) is 69.7 Å². The Labute approximate surface area is 162 Å². The molecule has 28 heavy (non-hydrogen) atoms. The summed E-state index contributed by atoms with van der Waals surface area (Å²) in [6, 6.07) is 11.9. The molecule has 0 spiro atoms. The number of rotatable bonds is 6. The first-order chi connectivity index (χ1) is 13.4. The number of carbonyl (C=O) groups excluding carboxylic acids is 1. The van der Waals surface area contributed by atoms with Crippen LogP contribution in [0.1, 0.15) is 10.4 Å². The number of nitrogens with one attached hydrogen (secondary N) is 1. The van der Waals surface area contributed by atoms with Gasteiger partial charge in [-0.25, -0.2) is 17.2 Å². The first kappa shape index (κ1) is 20.2. The molecule has 0 atom stereocenters. The molecule has 2 aromatic rings. The summed E-state index contributed by atoms with van der Waals surface area (Å²) < 4.78 is 53.8. The lowest BCUT2D eigenvalue weighted by Crippen LogP contribution is -2.50. The van der Waals surface area contributed by atoms with Gasteiger partial charge in [-0.1, -0.05) is 24.3 Å². The van der Waals surface area contributed by atoms with E-state index in [4.69, 9.17) is 0 Å². The predicted molar refractivity (Wildman–Crippen MR) is 103 cm³/mol. The highest BCUT2D eigenvalue weighted by atomic mass is 32.2. The van der Waals surface area contributed by atoms with Crippen LogP contribution in [0.3, 0.4) is 0 Å². The van der Waals surface area contributed by atoms with Crippen LogP contribution in [0.2, 0.25) is 0 Å². The van der Waals surface area contributed by atoms with Crippen LogP contribution in [0.15, 0.2) is 48.5 Å². The van der Waals surface area contributed by atoms with Gasteiger partial charge in [0.15, 0.2) is 0 Å². The minimum Gasteiger partial charge on any atom is -0.367 e. The van der Waals surface area contributed by atoms with Gasteiger partial charge in [0.1, 0.15) is 11.6 Å². The van der Waals surface area contributed by atoms with E-state index in [1.165, 1.54) is 34.6 Å². The summed E-state index contributed by atoms with van der Waals surface area (Å²) in [5.41, 5.74) is 0.329. The highest BCUT2D eigenvalue weighted by Gasteiger charge is 2.27. The van der Waals surface area contributed by atoms with E-state index in [-0.39, 0.29) is 36.8 Å². The second-order valence-electron chi connectivity index (χ2n) is 6.39. The summed E-state index contributed by atoms with van der Waals surface area (Å²) in [4.78, 5) is 13.8. The van der Waals surface area contributed by atoms with E-state index in [1.54, 1.807) is 23.1 Å². The molecule has 1 aliphatic heterocycles. The zero-order valence-electron chi connectivity index (χ0n) is 15.1. The number of nitrogens with zero attached hydrogens (tertiary/aromatic N) is 2. The van der Waals surface area contributed by atoms with Crippen molar-refractivity contribution in [2.75, 3.05) is 43.4 Å². The van der Waals surface area contributed by atoms with E-state index in [0.29, 0.717) is 18.8 Å². The molecule has 150 valence electrons.